The molecule has 0 spiro atoms. The Morgan fingerprint density at radius 1 is 1.25 bits per heavy atom. The van der Waals surface area contributed by atoms with Gasteiger partial charge in [-0.15, -0.1) is 5.10 Å². The monoisotopic (exact) mass is 516 g/mol. The molecule has 2 heterocycles. The fourth-order valence-corrected chi connectivity index (χ4v) is 4.42. The lowest BCUT2D eigenvalue weighted by molar-refractivity contribution is -0.178. The summed E-state index contributed by atoms with van der Waals surface area (Å²) < 4.78 is 43.4. The minimum Gasteiger partial charge on any atom is -0.394 e. The average Bonchev–Trinajstić information content (AvgIpc) is 3.20. The van der Waals surface area contributed by atoms with Gasteiger partial charge in [-0.05, 0) is 18.2 Å². The molecule has 15 heteroatoms. The Bertz CT molecular complexity index is 967. The lowest BCUT2D eigenvalue weighted by Gasteiger charge is -2.41. The van der Waals surface area contributed by atoms with Gasteiger partial charge in [-0.3, -0.25) is 4.79 Å². The predicted octanol–water partition coefficient (Wildman–Crippen LogP) is 1.65. The molecule has 1 saturated heterocycles. The van der Waals surface area contributed by atoms with Gasteiger partial charge in [-0.25, -0.2) is 4.68 Å². The van der Waals surface area contributed by atoms with Crippen LogP contribution in [0.25, 0.3) is 0 Å². The highest BCUT2D eigenvalue weighted by atomic mass is 35.5. The van der Waals surface area contributed by atoms with Crippen molar-refractivity contribution in [1.82, 2.24) is 20.3 Å². The van der Waals surface area contributed by atoms with Gasteiger partial charge < -0.3 is 25.4 Å². The molecule has 1 aromatic heterocycles. The van der Waals surface area contributed by atoms with Crippen LogP contribution in [0.5, 0.6) is 0 Å². The summed E-state index contributed by atoms with van der Waals surface area (Å²) in [4.78, 5) is 12.5. The Morgan fingerprint density at radius 2 is 1.97 bits per heavy atom. The van der Waals surface area contributed by atoms with Gasteiger partial charge in [0.25, 0.3) is 5.91 Å². The van der Waals surface area contributed by atoms with Crippen LogP contribution in [0.2, 0.25) is 10.0 Å². The number of rotatable bonds is 6. The fourth-order valence-electron chi connectivity index (χ4n) is 2.96. The molecule has 0 radical (unpaired) electrons. The molecule has 1 aromatic carbocycles. The second kappa shape index (κ2) is 10.1. The van der Waals surface area contributed by atoms with Crippen molar-refractivity contribution >= 4 is 40.9 Å². The Balaban J connectivity index is 1.80. The minimum absolute atomic E-state index is 0.267. The zero-order valence-corrected chi connectivity index (χ0v) is 18.2. The summed E-state index contributed by atoms with van der Waals surface area (Å²) in [5, 5.41) is 40.4. The van der Waals surface area contributed by atoms with Crippen molar-refractivity contribution in [3.63, 3.8) is 0 Å². The van der Waals surface area contributed by atoms with Crippen LogP contribution in [0.15, 0.2) is 29.3 Å². The number of aromatic nitrogens is 3. The zero-order valence-electron chi connectivity index (χ0n) is 15.9. The number of carbonyl (C=O) groups is 1. The number of thioether (sulfide) groups is 1. The molecule has 176 valence electrons. The number of amides is 1. The van der Waals surface area contributed by atoms with Crippen LogP contribution in [0.4, 0.5) is 13.2 Å². The van der Waals surface area contributed by atoms with E-state index in [2.05, 4.69) is 10.3 Å². The highest BCUT2D eigenvalue weighted by molar-refractivity contribution is 7.99. The molecule has 5 atom stereocenters. The molecule has 1 aliphatic heterocycles. The lowest BCUT2D eigenvalue weighted by atomic mass is 9.97. The summed E-state index contributed by atoms with van der Waals surface area (Å²) in [6.45, 7) is -2.16. The number of hydrogen-bond acceptors (Lipinski definition) is 8. The van der Waals surface area contributed by atoms with Crippen LogP contribution in [0.3, 0.4) is 0 Å². The maximum Gasteiger partial charge on any atom is 0.405 e. The summed E-state index contributed by atoms with van der Waals surface area (Å²) in [6, 6.07) is 3.48. The van der Waals surface area contributed by atoms with Gasteiger partial charge in [0, 0.05) is 4.90 Å². The predicted molar refractivity (Wildman–Crippen MR) is 108 cm³/mol. The lowest BCUT2D eigenvalue weighted by Crippen LogP contribution is -2.55. The Hall–Kier alpha value is -1.61. The van der Waals surface area contributed by atoms with E-state index in [1.165, 1.54) is 6.07 Å². The molecular weight excluding hydrogens is 500 g/mol. The standard InChI is InChI=1S/C17H17Cl2F3N4O5S/c18-8-2-1-7(3-9(8)19)32-16-14(29)12(13(28)11(5-27)31-16)26-4-10(24-25-26)15(30)23-6-17(20,21)22/h1-4,11-14,16,27-29H,5-6H2,(H,23,30)/t11?,12-,13-,14?,16+/m0/s1. The van der Waals surface area contributed by atoms with Crippen molar-refractivity contribution in [3.05, 3.63) is 40.1 Å². The van der Waals surface area contributed by atoms with E-state index in [0.717, 1.165) is 22.6 Å². The maximum atomic E-state index is 12.3. The van der Waals surface area contributed by atoms with E-state index >= 15 is 0 Å². The van der Waals surface area contributed by atoms with E-state index in [1.807, 2.05) is 0 Å². The van der Waals surface area contributed by atoms with E-state index in [-0.39, 0.29) is 5.02 Å². The third-order valence-electron chi connectivity index (χ3n) is 4.49. The van der Waals surface area contributed by atoms with Crippen molar-refractivity contribution < 1.29 is 38.0 Å². The normalized spacial score (nSPS) is 26.2. The number of nitrogens with one attached hydrogen (secondary N) is 1. The largest absolute Gasteiger partial charge is 0.405 e. The van der Waals surface area contributed by atoms with Gasteiger partial charge in [0.15, 0.2) is 5.69 Å². The number of alkyl halides is 3. The van der Waals surface area contributed by atoms with Gasteiger partial charge in [0.1, 0.15) is 36.3 Å². The molecule has 32 heavy (non-hydrogen) atoms. The molecule has 1 aliphatic rings. The topological polar surface area (TPSA) is 130 Å². The van der Waals surface area contributed by atoms with Crippen molar-refractivity contribution in [2.75, 3.05) is 13.2 Å². The number of carbonyl (C=O) groups excluding carboxylic acids is 1. The molecule has 0 aliphatic carbocycles. The molecular formula is C17H17Cl2F3N4O5S. The Labute approximate surface area is 193 Å². The van der Waals surface area contributed by atoms with Crippen molar-refractivity contribution in [2.24, 2.45) is 0 Å². The van der Waals surface area contributed by atoms with Gasteiger partial charge in [-0.1, -0.05) is 40.2 Å². The first-order valence-corrected chi connectivity index (χ1v) is 10.6. The van der Waals surface area contributed by atoms with Crippen LogP contribution in [0, 0.1) is 0 Å². The number of halogens is 5. The first kappa shape index (κ1) is 25.0. The third kappa shape index (κ3) is 5.84. The fraction of sp³-hybridized carbons (Fsp3) is 0.471. The van der Waals surface area contributed by atoms with Crippen molar-refractivity contribution in [3.8, 4) is 0 Å². The van der Waals surface area contributed by atoms with Crippen LogP contribution < -0.4 is 5.32 Å². The summed E-state index contributed by atoms with van der Waals surface area (Å²) in [5.74, 6) is -1.13. The van der Waals surface area contributed by atoms with Gasteiger partial charge in [0.05, 0.1) is 22.8 Å². The summed E-state index contributed by atoms with van der Waals surface area (Å²) in [6.07, 6.45) is -7.63. The third-order valence-corrected chi connectivity index (χ3v) is 6.38. The maximum absolute atomic E-state index is 12.3. The Kier molecular flexibility index (Phi) is 7.91. The van der Waals surface area contributed by atoms with Crippen molar-refractivity contribution in [1.29, 1.82) is 0 Å². The number of benzene rings is 1. The van der Waals surface area contributed by atoms with E-state index in [9.17, 15) is 33.3 Å². The summed E-state index contributed by atoms with van der Waals surface area (Å²) in [7, 11) is 0. The summed E-state index contributed by atoms with van der Waals surface area (Å²) in [5.41, 5.74) is -1.46. The second-order valence-corrected chi connectivity index (χ2v) is 8.76. The smallest absolute Gasteiger partial charge is 0.394 e. The quantitative estimate of drug-likeness (QED) is 0.456. The highest BCUT2D eigenvalue weighted by Crippen LogP contribution is 2.39. The molecule has 0 bridgehead atoms. The van der Waals surface area contributed by atoms with Crippen LogP contribution in [-0.4, -0.2) is 79.3 Å². The molecule has 9 nitrogen and oxygen atoms in total. The number of aliphatic hydroxyl groups is 3. The van der Waals surface area contributed by atoms with E-state index in [1.54, 1.807) is 17.4 Å². The molecule has 1 amide bonds. The number of aliphatic hydroxyl groups excluding tert-OH is 3. The summed E-state index contributed by atoms with van der Waals surface area (Å²) >= 11 is 12.9. The highest BCUT2D eigenvalue weighted by Gasteiger charge is 2.46. The van der Waals surface area contributed by atoms with Gasteiger partial charge in [-0.2, -0.15) is 13.2 Å². The molecule has 4 N–H and O–H groups in total. The molecule has 1 fully saturated rings. The molecule has 0 saturated carbocycles. The zero-order chi connectivity index (χ0) is 23.6. The van der Waals surface area contributed by atoms with Gasteiger partial charge in [0.2, 0.25) is 0 Å². The number of hydrogen-bond donors (Lipinski definition) is 4. The SMILES string of the molecule is O=C(NCC(F)(F)F)c1cn([C@@H]2C(O)[C@@H](Sc3ccc(Cl)c(Cl)c3)OC(CO)[C@@H]2O)nn1. The van der Waals surface area contributed by atoms with Crippen LogP contribution in [-0.2, 0) is 4.74 Å². The second-order valence-electron chi connectivity index (χ2n) is 6.77. The minimum atomic E-state index is -4.61. The average molecular weight is 517 g/mol. The first-order valence-electron chi connectivity index (χ1n) is 9.01. The number of nitrogens with zero attached hydrogens (tertiary/aromatic N) is 3. The van der Waals surface area contributed by atoms with Crippen molar-refractivity contribution in [2.45, 2.75) is 40.9 Å². The molecule has 3 rings (SSSR count). The number of ether oxygens (including phenoxy) is 1. The van der Waals surface area contributed by atoms with Gasteiger partial charge >= 0.3 is 6.18 Å². The van der Waals surface area contributed by atoms with E-state index < -0.39 is 60.7 Å². The van der Waals surface area contributed by atoms with Crippen LogP contribution >= 0.6 is 35.0 Å². The van der Waals surface area contributed by atoms with E-state index in [4.69, 9.17) is 27.9 Å². The van der Waals surface area contributed by atoms with Crippen LogP contribution in [0.1, 0.15) is 16.5 Å². The van der Waals surface area contributed by atoms with E-state index in [0.29, 0.717) is 9.92 Å². The first-order chi connectivity index (χ1) is 15.0. The molecule has 2 unspecified atom stereocenters. The Morgan fingerprint density at radius 3 is 2.59 bits per heavy atom. The molecule has 2 aromatic rings.